The molecule has 0 aliphatic carbocycles. The van der Waals surface area contributed by atoms with E-state index < -0.39 is 0 Å². The van der Waals surface area contributed by atoms with Gasteiger partial charge in [-0.3, -0.25) is 0 Å². The first-order valence-electron chi connectivity index (χ1n) is 6.52. The molecule has 6 nitrogen and oxygen atoms in total. The Balaban J connectivity index is 1.55. The normalized spacial score (nSPS) is 12.8. The zero-order valence-corrected chi connectivity index (χ0v) is 11.3. The number of aromatic hydroxyl groups is 1. The van der Waals surface area contributed by atoms with Crippen molar-refractivity contribution in [3.05, 3.63) is 35.9 Å². The van der Waals surface area contributed by atoms with Gasteiger partial charge in [0.2, 0.25) is 6.79 Å². The highest BCUT2D eigenvalue weighted by Gasteiger charge is 2.16. The van der Waals surface area contributed by atoms with Gasteiger partial charge in [0.15, 0.2) is 11.5 Å². The Morgan fingerprint density at radius 3 is 2.90 bits per heavy atom. The Labute approximate surface area is 117 Å². The summed E-state index contributed by atoms with van der Waals surface area (Å²) in [6.07, 6.45) is 4.56. The van der Waals surface area contributed by atoms with Crippen LogP contribution < -0.4 is 14.8 Å². The number of phenols is 1. The van der Waals surface area contributed by atoms with Gasteiger partial charge in [-0.25, -0.2) is 4.98 Å². The molecule has 0 atom stereocenters. The van der Waals surface area contributed by atoms with Gasteiger partial charge in [-0.05, 0) is 6.07 Å². The van der Waals surface area contributed by atoms with E-state index in [-0.39, 0.29) is 12.5 Å². The standard InChI is InChI=1S/C14H17N3O3/c1-17-5-4-16-14(17)2-3-15-8-10-6-12-13(7-11(10)18)20-9-19-12/h4-7,15,18H,2-3,8-9H2,1H3. The van der Waals surface area contributed by atoms with E-state index in [4.69, 9.17) is 9.47 Å². The molecule has 0 unspecified atom stereocenters. The van der Waals surface area contributed by atoms with Crippen LogP contribution in [0.5, 0.6) is 17.2 Å². The summed E-state index contributed by atoms with van der Waals surface area (Å²) in [6.45, 7) is 1.58. The number of aromatic nitrogens is 2. The van der Waals surface area contributed by atoms with E-state index in [1.807, 2.05) is 23.9 Å². The van der Waals surface area contributed by atoms with Crippen LogP contribution in [0.4, 0.5) is 0 Å². The molecule has 0 radical (unpaired) electrons. The van der Waals surface area contributed by atoms with Gasteiger partial charge in [0.05, 0.1) is 0 Å². The smallest absolute Gasteiger partial charge is 0.231 e. The summed E-state index contributed by atoms with van der Waals surface area (Å²) in [5, 5.41) is 13.2. The lowest BCUT2D eigenvalue weighted by molar-refractivity contribution is 0.174. The maximum absolute atomic E-state index is 9.91. The highest BCUT2D eigenvalue weighted by atomic mass is 16.7. The summed E-state index contributed by atoms with van der Waals surface area (Å²) >= 11 is 0. The van der Waals surface area contributed by atoms with Gasteiger partial charge < -0.3 is 24.5 Å². The minimum Gasteiger partial charge on any atom is -0.507 e. The number of phenolic OH excluding ortho intramolecular Hbond substituents is 1. The Hall–Kier alpha value is -2.21. The molecule has 0 amide bonds. The molecule has 3 rings (SSSR count). The van der Waals surface area contributed by atoms with Crippen LogP contribution in [0, 0.1) is 0 Å². The molecule has 1 aliphatic rings. The molecule has 1 aliphatic heterocycles. The molecule has 1 aromatic carbocycles. The predicted octanol–water partition coefficient (Wildman–Crippen LogP) is 1.19. The number of nitrogens with zero attached hydrogens (tertiary/aromatic N) is 2. The molecular weight excluding hydrogens is 258 g/mol. The first-order chi connectivity index (χ1) is 9.74. The van der Waals surface area contributed by atoms with Crippen molar-refractivity contribution in [2.24, 2.45) is 7.05 Å². The van der Waals surface area contributed by atoms with Crippen LogP contribution in [0.2, 0.25) is 0 Å². The minimum absolute atomic E-state index is 0.213. The quantitative estimate of drug-likeness (QED) is 0.802. The maximum Gasteiger partial charge on any atom is 0.231 e. The number of nitrogens with one attached hydrogen (secondary N) is 1. The SMILES string of the molecule is Cn1ccnc1CCNCc1cc2c(cc1O)OCO2. The van der Waals surface area contributed by atoms with Gasteiger partial charge in [-0.15, -0.1) is 0 Å². The van der Waals surface area contributed by atoms with Crippen molar-refractivity contribution in [3.63, 3.8) is 0 Å². The largest absolute Gasteiger partial charge is 0.507 e. The van der Waals surface area contributed by atoms with Crippen LogP contribution in [-0.4, -0.2) is 28.0 Å². The second-order valence-electron chi connectivity index (χ2n) is 4.72. The summed E-state index contributed by atoms with van der Waals surface area (Å²) < 4.78 is 12.5. The van der Waals surface area contributed by atoms with Crippen LogP contribution in [0.25, 0.3) is 0 Å². The second kappa shape index (κ2) is 5.42. The van der Waals surface area contributed by atoms with E-state index in [9.17, 15) is 5.11 Å². The van der Waals surface area contributed by atoms with E-state index in [0.29, 0.717) is 18.0 Å². The molecule has 2 aromatic rings. The lowest BCUT2D eigenvalue weighted by Crippen LogP contribution is -2.18. The van der Waals surface area contributed by atoms with Crippen LogP contribution in [0.3, 0.4) is 0 Å². The fraction of sp³-hybridized carbons (Fsp3) is 0.357. The number of fused-ring (bicyclic) bond motifs is 1. The first-order valence-corrected chi connectivity index (χ1v) is 6.52. The van der Waals surface area contributed by atoms with E-state index in [0.717, 1.165) is 24.4 Å². The molecule has 6 heteroatoms. The van der Waals surface area contributed by atoms with Crippen LogP contribution in [0.15, 0.2) is 24.5 Å². The Kier molecular flexibility index (Phi) is 3.47. The fourth-order valence-corrected chi connectivity index (χ4v) is 2.18. The lowest BCUT2D eigenvalue weighted by atomic mass is 10.1. The molecule has 106 valence electrons. The van der Waals surface area contributed by atoms with Crippen LogP contribution in [0.1, 0.15) is 11.4 Å². The van der Waals surface area contributed by atoms with Gasteiger partial charge in [-0.2, -0.15) is 0 Å². The lowest BCUT2D eigenvalue weighted by Gasteiger charge is -2.08. The number of hydrogen-bond acceptors (Lipinski definition) is 5. The number of aryl methyl sites for hydroxylation is 1. The van der Waals surface area contributed by atoms with Crippen LogP contribution in [-0.2, 0) is 20.0 Å². The number of imidazole rings is 1. The summed E-state index contributed by atoms with van der Waals surface area (Å²) in [6, 6.07) is 3.41. The Morgan fingerprint density at radius 1 is 1.35 bits per heavy atom. The third kappa shape index (κ3) is 2.55. The van der Waals surface area contributed by atoms with Gasteiger partial charge in [0.25, 0.3) is 0 Å². The predicted molar refractivity (Wildman–Crippen MR) is 72.8 cm³/mol. The molecule has 20 heavy (non-hydrogen) atoms. The summed E-state index contributed by atoms with van der Waals surface area (Å²) in [7, 11) is 1.98. The molecule has 2 heterocycles. The summed E-state index contributed by atoms with van der Waals surface area (Å²) in [5.41, 5.74) is 0.800. The van der Waals surface area contributed by atoms with Crippen molar-refractivity contribution in [3.8, 4) is 17.2 Å². The number of hydrogen-bond donors (Lipinski definition) is 2. The molecule has 2 N–H and O–H groups in total. The molecular formula is C14H17N3O3. The van der Waals surface area contributed by atoms with Crippen molar-refractivity contribution >= 4 is 0 Å². The highest BCUT2D eigenvalue weighted by molar-refractivity contribution is 5.51. The molecule has 0 saturated carbocycles. The van der Waals surface area contributed by atoms with Crippen molar-refractivity contribution in [2.45, 2.75) is 13.0 Å². The number of rotatable bonds is 5. The van der Waals surface area contributed by atoms with Crippen molar-refractivity contribution < 1.29 is 14.6 Å². The fourth-order valence-electron chi connectivity index (χ4n) is 2.18. The third-order valence-corrected chi connectivity index (χ3v) is 3.34. The maximum atomic E-state index is 9.91. The second-order valence-corrected chi connectivity index (χ2v) is 4.72. The van der Waals surface area contributed by atoms with Gasteiger partial charge in [-0.1, -0.05) is 0 Å². The summed E-state index contributed by atoms with van der Waals surface area (Å²) in [5.74, 6) is 2.54. The third-order valence-electron chi connectivity index (χ3n) is 3.34. The van der Waals surface area contributed by atoms with E-state index >= 15 is 0 Å². The Morgan fingerprint density at radius 2 is 2.15 bits per heavy atom. The average Bonchev–Trinajstić information content (AvgIpc) is 3.03. The van der Waals surface area contributed by atoms with Gasteiger partial charge in [0, 0.05) is 50.6 Å². The summed E-state index contributed by atoms with van der Waals surface area (Å²) in [4.78, 5) is 4.26. The first kappa shape index (κ1) is 12.8. The molecule has 0 fully saturated rings. The zero-order chi connectivity index (χ0) is 13.9. The van der Waals surface area contributed by atoms with Crippen molar-refractivity contribution in [2.75, 3.05) is 13.3 Å². The Bertz CT molecular complexity index is 610. The van der Waals surface area contributed by atoms with E-state index in [1.165, 1.54) is 0 Å². The highest BCUT2D eigenvalue weighted by Crippen LogP contribution is 2.37. The van der Waals surface area contributed by atoms with Crippen molar-refractivity contribution in [1.29, 1.82) is 0 Å². The molecule has 0 spiro atoms. The monoisotopic (exact) mass is 275 g/mol. The van der Waals surface area contributed by atoms with Gasteiger partial charge in [0.1, 0.15) is 11.6 Å². The minimum atomic E-state index is 0.213. The zero-order valence-electron chi connectivity index (χ0n) is 11.3. The van der Waals surface area contributed by atoms with E-state index in [1.54, 1.807) is 12.3 Å². The number of ether oxygens (including phenoxy) is 2. The van der Waals surface area contributed by atoms with Crippen LogP contribution >= 0.6 is 0 Å². The van der Waals surface area contributed by atoms with E-state index in [2.05, 4.69) is 10.3 Å². The topological polar surface area (TPSA) is 68.5 Å². The molecule has 1 aromatic heterocycles. The molecule has 0 saturated heterocycles. The average molecular weight is 275 g/mol. The van der Waals surface area contributed by atoms with Gasteiger partial charge >= 0.3 is 0 Å². The molecule has 0 bridgehead atoms. The number of benzene rings is 1. The van der Waals surface area contributed by atoms with Crippen molar-refractivity contribution in [1.82, 2.24) is 14.9 Å².